The Kier molecular flexibility index (Phi) is 3.66. The second kappa shape index (κ2) is 5.02. The molecule has 0 aliphatic carbocycles. The molecule has 16 heavy (non-hydrogen) atoms. The Hall–Kier alpha value is -0.800. The van der Waals surface area contributed by atoms with Crippen molar-refractivity contribution in [2.24, 2.45) is 5.92 Å². The van der Waals surface area contributed by atoms with E-state index < -0.39 is 0 Å². The van der Waals surface area contributed by atoms with Crippen molar-refractivity contribution in [3.05, 3.63) is 29.8 Å². The number of fused-ring (bicyclic) bond motifs is 1. The second-order valence-electron chi connectivity index (χ2n) is 4.46. The fourth-order valence-corrected chi connectivity index (χ4v) is 3.19. The summed E-state index contributed by atoms with van der Waals surface area (Å²) in [7, 11) is 4.05. The SMILES string of the molecule is CN(C)CC1CCSc2ccccc2C1=O. The molecule has 2 rings (SSSR count). The van der Waals surface area contributed by atoms with Crippen molar-refractivity contribution in [1.29, 1.82) is 0 Å². The highest BCUT2D eigenvalue weighted by molar-refractivity contribution is 7.99. The maximum atomic E-state index is 12.3. The van der Waals surface area contributed by atoms with Crippen LogP contribution in [0, 0.1) is 5.92 Å². The highest BCUT2D eigenvalue weighted by Gasteiger charge is 2.25. The van der Waals surface area contributed by atoms with Crippen LogP contribution >= 0.6 is 11.8 Å². The van der Waals surface area contributed by atoms with Crippen molar-refractivity contribution in [2.45, 2.75) is 11.3 Å². The molecule has 0 aromatic heterocycles. The monoisotopic (exact) mass is 235 g/mol. The van der Waals surface area contributed by atoms with E-state index >= 15 is 0 Å². The maximum absolute atomic E-state index is 12.3. The quantitative estimate of drug-likeness (QED) is 0.785. The number of ketones is 1. The van der Waals surface area contributed by atoms with Crippen LogP contribution in [0.2, 0.25) is 0 Å². The molecule has 1 unspecified atom stereocenters. The van der Waals surface area contributed by atoms with Gasteiger partial charge in [-0.15, -0.1) is 11.8 Å². The Labute approximate surface area is 101 Å². The van der Waals surface area contributed by atoms with Crippen LogP contribution in [0.3, 0.4) is 0 Å². The first kappa shape index (κ1) is 11.7. The molecule has 0 fully saturated rings. The zero-order chi connectivity index (χ0) is 11.5. The predicted molar refractivity (Wildman–Crippen MR) is 68.2 cm³/mol. The third-order valence-electron chi connectivity index (χ3n) is 2.83. The largest absolute Gasteiger partial charge is 0.309 e. The summed E-state index contributed by atoms with van der Waals surface area (Å²) >= 11 is 1.80. The van der Waals surface area contributed by atoms with E-state index in [1.54, 1.807) is 11.8 Å². The van der Waals surface area contributed by atoms with Crippen LogP contribution in [0.4, 0.5) is 0 Å². The Morgan fingerprint density at radius 3 is 2.88 bits per heavy atom. The molecule has 1 heterocycles. The van der Waals surface area contributed by atoms with E-state index in [0.717, 1.165) is 29.2 Å². The van der Waals surface area contributed by atoms with Gasteiger partial charge in [-0.2, -0.15) is 0 Å². The lowest BCUT2D eigenvalue weighted by Gasteiger charge is -2.17. The minimum Gasteiger partial charge on any atom is -0.309 e. The van der Waals surface area contributed by atoms with Gasteiger partial charge in [-0.1, -0.05) is 18.2 Å². The van der Waals surface area contributed by atoms with Gasteiger partial charge in [0.2, 0.25) is 0 Å². The van der Waals surface area contributed by atoms with Crippen LogP contribution in [0.25, 0.3) is 0 Å². The van der Waals surface area contributed by atoms with Crippen LogP contribution in [0.1, 0.15) is 16.8 Å². The fraction of sp³-hybridized carbons (Fsp3) is 0.462. The average molecular weight is 235 g/mol. The summed E-state index contributed by atoms with van der Waals surface area (Å²) in [5.41, 5.74) is 0.914. The van der Waals surface area contributed by atoms with Gasteiger partial charge < -0.3 is 4.90 Å². The molecule has 86 valence electrons. The van der Waals surface area contributed by atoms with Gasteiger partial charge in [-0.05, 0) is 32.3 Å². The van der Waals surface area contributed by atoms with Crippen molar-refractivity contribution in [3.8, 4) is 0 Å². The van der Waals surface area contributed by atoms with Crippen LogP contribution in [-0.2, 0) is 0 Å². The molecule has 2 nitrogen and oxygen atoms in total. The Bertz CT molecular complexity index is 389. The molecule has 1 atom stereocenters. The lowest BCUT2D eigenvalue weighted by Crippen LogP contribution is -2.27. The minimum atomic E-state index is 0.158. The van der Waals surface area contributed by atoms with Gasteiger partial charge in [0, 0.05) is 22.9 Å². The highest BCUT2D eigenvalue weighted by atomic mass is 32.2. The predicted octanol–water partition coefficient (Wildman–Crippen LogP) is 2.54. The molecule has 1 aliphatic rings. The van der Waals surface area contributed by atoms with Crippen molar-refractivity contribution in [3.63, 3.8) is 0 Å². The summed E-state index contributed by atoms with van der Waals surface area (Å²) in [5, 5.41) is 0. The first-order chi connectivity index (χ1) is 7.68. The standard InChI is InChI=1S/C13H17NOS/c1-14(2)9-10-7-8-16-12-6-4-3-5-11(12)13(10)15/h3-6,10H,7-9H2,1-2H3. The molecular weight excluding hydrogens is 218 g/mol. The number of carbonyl (C=O) groups is 1. The molecule has 0 saturated carbocycles. The summed E-state index contributed by atoms with van der Waals surface area (Å²) in [6.45, 7) is 0.855. The second-order valence-corrected chi connectivity index (χ2v) is 5.59. The van der Waals surface area contributed by atoms with Gasteiger partial charge in [0.05, 0.1) is 0 Å². The summed E-state index contributed by atoms with van der Waals surface area (Å²) in [5.74, 6) is 1.52. The van der Waals surface area contributed by atoms with E-state index in [4.69, 9.17) is 0 Å². The van der Waals surface area contributed by atoms with Crippen molar-refractivity contribution in [1.82, 2.24) is 4.90 Å². The molecule has 1 aromatic carbocycles. The molecule has 0 saturated heterocycles. The number of nitrogens with zero attached hydrogens (tertiary/aromatic N) is 1. The number of thioether (sulfide) groups is 1. The Morgan fingerprint density at radius 1 is 1.38 bits per heavy atom. The topological polar surface area (TPSA) is 20.3 Å². The number of carbonyl (C=O) groups excluding carboxylic acids is 1. The van der Waals surface area contributed by atoms with Gasteiger partial charge >= 0.3 is 0 Å². The van der Waals surface area contributed by atoms with Crippen LogP contribution in [-0.4, -0.2) is 37.1 Å². The van der Waals surface area contributed by atoms with E-state index in [1.165, 1.54) is 0 Å². The first-order valence-corrected chi connectivity index (χ1v) is 6.58. The molecule has 1 aliphatic heterocycles. The van der Waals surface area contributed by atoms with E-state index in [-0.39, 0.29) is 5.92 Å². The molecule has 3 heteroatoms. The van der Waals surface area contributed by atoms with Crippen molar-refractivity contribution in [2.75, 3.05) is 26.4 Å². The lowest BCUT2D eigenvalue weighted by molar-refractivity contribution is 0.0893. The molecule has 0 bridgehead atoms. The number of hydrogen-bond acceptors (Lipinski definition) is 3. The van der Waals surface area contributed by atoms with E-state index in [2.05, 4.69) is 11.0 Å². The summed E-state index contributed by atoms with van der Waals surface area (Å²) in [6.07, 6.45) is 0.982. The summed E-state index contributed by atoms with van der Waals surface area (Å²) in [6, 6.07) is 7.97. The summed E-state index contributed by atoms with van der Waals surface area (Å²) in [4.78, 5) is 15.6. The number of Topliss-reactive ketones (excluding diaryl/α,β-unsaturated/α-hetero) is 1. The molecular formula is C13H17NOS. The van der Waals surface area contributed by atoms with Gasteiger partial charge in [0.25, 0.3) is 0 Å². The smallest absolute Gasteiger partial charge is 0.168 e. The van der Waals surface area contributed by atoms with Crippen LogP contribution in [0.15, 0.2) is 29.2 Å². The Balaban J connectivity index is 2.26. The van der Waals surface area contributed by atoms with Gasteiger partial charge in [0.15, 0.2) is 5.78 Å². The van der Waals surface area contributed by atoms with Crippen LogP contribution < -0.4 is 0 Å². The molecule has 0 N–H and O–H groups in total. The number of hydrogen-bond donors (Lipinski definition) is 0. The van der Waals surface area contributed by atoms with Gasteiger partial charge in [-0.3, -0.25) is 4.79 Å². The molecule has 0 amide bonds. The normalized spacial score (nSPS) is 20.7. The molecule has 1 aromatic rings. The molecule has 0 radical (unpaired) electrons. The third kappa shape index (κ3) is 2.47. The molecule has 0 spiro atoms. The third-order valence-corrected chi connectivity index (χ3v) is 3.94. The van der Waals surface area contributed by atoms with Gasteiger partial charge in [0.1, 0.15) is 0 Å². The zero-order valence-corrected chi connectivity index (χ0v) is 10.6. The number of benzene rings is 1. The zero-order valence-electron chi connectivity index (χ0n) is 9.77. The fourth-order valence-electron chi connectivity index (χ4n) is 2.07. The van der Waals surface area contributed by atoms with E-state index in [0.29, 0.717) is 5.78 Å². The minimum absolute atomic E-state index is 0.158. The number of rotatable bonds is 2. The van der Waals surface area contributed by atoms with Crippen molar-refractivity contribution >= 4 is 17.5 Å². The highest BCUT2D eigenvalue weighted by Crippen LogP contribution is 2.31. The van der Waals surface area contributed by atoms with E-state index in [1.807, 2.05) is 32.3 Å². The van der Waals surface area contributed by atoms with Crippen LogP contribution in [0.5, 0.6) is 0 Å². The Morgan fingerprint density at radius 2 is 2.12 bits per heavy atom. The average Bonchev–Trinajstić information content (AvgIpc) is 2.40. The van der Waals surface area contributed by atoms with Gasteiger partial charge in [-0.25, -0.2) is 0 Å². The lowest BCUT2D eigenvalue weighted by atomic mass is 9.95. The van der Waals surface area contributed by atoms with E-state index in [9.17, 15) is 4.79 Å². The summed E-state index contributed by atoms with van der Waals surface area (Å²) < 4.78 is 0. The van der Waals surface area contributed by atoms with Crippen molar-refractivity contribution < 1.29 is 4.79 Å². The maximum Gasteiger partial charge on any atom is 0.168 e. The first-order valence-electron chi connectivity index (χ1n) is 5.59.